The summed E-state index contributed by atoms with van der Waals surface area (Å²) in [5, 5.41) is 1.16. The van der Waals surface area contributed by atoms with Gasteiger partial charge in [-0.3, -0.25) is 5.43 Å². The van der Waals surface area contributed by atoms with Gasteiger partial charge in [-0.25, -0.2) is 10.8 Å². The lowest BCUT2D eigenvalue weighted by Gasteiger charge is -2.19. The maximum atomic E-state index is 5.50. The van der Waals surface area contributed by atoms with Crippen LogP contribution in [0.5, 0.6) is 0 Å². The second kappa shape index (κ2) is 5.54. The molecule has 0 saturated carbocycles. The third-order valence-corrected chi connectivity index (χ3v) is 4.85. The van der Waals surface area contributed by atoms with Crippen molar-refractivity contribution in [2.45, 2.75) is 33.1 Å². The number of nitrogens with two attached hydrogens (primary N) is 1. The average molecular weight is 291 g/mol. The molecule has 1 aliphatic rings. The number of nitrogens with zero attached hydrogens (tertiary/aromatic N) is 3. The fraction of sp³-hybridized carbons (Fsp3) is 0.571. The molecule has 2 aromatic heterocycles. The molecule has 6 heteroatoms. The van der Waals surface area contributed by atoms with E-state index in [4.69, 9.17) is 5.84 Å². The highest BCUT2D eigenvalue weighted by molar-refractivity contribution is 7.18. The Morgan fingerprint density at radius 2 is 2.35 bits per heavy atom. The van der Waals surface area contributed by atoms with Crippen LogP contribution in [0.2, 0.25) is 0 Å². The van der Waals surface area contributed by atoms with Crippen LogP contribution < -0.4 is 16.2 Å². The average Bonchev–Trinajstić information content (AvgIpc) is 3.03. The highest BCUT2D eigenvalue weighted by Crippen LogP contribution is 2.34. The fourth-order valence-electron chi connectivity index (χ4n) is 3.00. The van der Waals surface area contributed by atoms with E-state index in [-0.39, 0.29) is 0 Å². The summed E-state index contributed by atoms with van der Waals surface area (Å²) in [4.78, 5) is 13.7. The van der Waals surface area contributed by atoms with Crippen LogP contribution in [0, 0.1) is 12.8 Å². The fourth-order valence-corrected chi connectivity index (χ4v) is 3.88. The van der Waals surface area contributed by atoms with Crippen LogP contribution in [0.1, 0.15) is 31.1 Å². The second-order valence-electron chi connectivity index (χ2n) is 5.48. The van der Waals surface area contributed by atoms with Crippen molar-refractivity contribution in [3.05, 3.63) is 10.9 Å². The van der Waals surface area contributed by atoms with E-state index in [1.165, 1.54) is 24.1 Å². The quantitative estimate of drug-likeness (QED) is 0.669. The molecule has 3 N–H and O–H groups in total. The van der Waals surface area contributed by atoms with E-state index in [0.717, 1.165) is 35.0 Å². The second-order valence-corrected chi connectivity index (χ2v) is 6.72. The van der Waals surface area contributed by atoms with E-state index in [1.54, 1.807) is 11.3 Å². The minimum absolute atomic E-state index is 0.508. The van der Waals surface area contributed by atoms with Gasteiger partial charge >= 0.3 is 0 Å². The lowest BCUT2D eigenvalue weighted by Crippen LogP contribution is -2.22. The predicted octanol–water partition coefficient (Wildman–Crippen LogP) is 2.91. The zero-order valence-corrected chi connectivity index (χ0v) is 12.8. The number of hydrogen-bond donors (Lipinski definition) is 2. The van der Waals surface area contributed by atoms with Crippen molar-refractivity contribution in [3.63, 3.8) is 0 Å². The number of thiophene rings is 1. The lowest BCUT2D eigenvalue weighted by molar-refractivity contribution is 0.529. The minimum Gasteiger partial charge on any atom is -0.356 e. The summed E-state index contributed by atoms with van der Waals surface area (Å²) in [7, 11) is 0. The van der Waals surface area contributed by atoms with Gasteiger partial charge in [0.25, 0.3) is 0 Å². The molecule has 108 valence electrons. The molecule has 3 rings (SSSR count). The molecule has 1 unspecified atom stereocenters. The molecule has 2 aromatic rings. The van der Waals surface area contributed by atoms with Crippen molar-refractivity contribution >= 4 is 33.3 Å². The topological polar surface area (TPSA) is 67.1 Å². The highest BCUT2D eigenvalue weighted by Gasteiger charge is 2.25. The van der Waals surface area contributed by atoms with Crippen LogP contribution in [0.25, 0.3) is 10.2 Å². The first kappa shape index (κ1) is 13.6. The third kappa shape index (κ3) is 2.45. The van der Waals surface area contributed by atoms with Gasteiger partial charge in [0.05, 0.1) is 5.39 Å². The molecule has 1 fully saturated rings. The molecular formula is C14H21N5S. The molecule has 0 spiro atoms. The molecule has 1 saturated heterocycles. The molecule has 20 heavy (non-hydrogen) atoms. The number of hydrogen-bond acceptors (Lipinski definition) is 6. The highest BCUT2D eigenvalue weighted by atomic mass is 32.1. The van der Waals surface area contributed by atoms with Gasteiger partial charge in [-0.05, 0) is 31.7 Å². The molecule has 0 radical (unpaired) electrons. The maximum absolute atomic E-state index is 5.50. The van der Waals surface area contributed by atoms with Crippen molar-refractivity contribution in [2.24, 2.45) is 11.8 Å². The van der Waals surface area contributed by atoms with E-state index in [9.17, 15) is 0 Å². The van der Waals surface area contributed by atoms with E-state index in [1.807, 2.05) is 0 Å². The number of rotatable bonds is 4. The maximum Gasteiger partial charge on any atom is 0.240 e. The molecule has 0 aliphatic carbocycles. The monoisotopic (exact) mass is 291 g/mol. The van der Waals surface area contributed by atoms with Gasteiger partial charge in [-0.1, -0.05) is 13.3 Å². The van der Waals surface area contributed by atoms with Crippen LogP contribution in [0.4, 0.5) is 11.8 Å². The number of aryl methyl sites for hydroxylation is 1. The Balaban J connectivity index is 1.97. The summed E-state index contributed by atoms with van der Waals surface area (Å²) in [5.74, 6) is 7.83. The van der Waals surface area contributed by atoms with E-state index in [0.29, 0.717) is 5.95 Å². The first-order valence-electron chi connectivity index (χ1n) is 7.21. The van der Waals surface area contributed by atoms with Gasteiger partial charge in [0.15, 0.2) is 0 Å². The molecule has 1 atom stereocenters. The van der Waals surface area contributed by atoms with Crippen molar-refractivity contribution in [3.8, 4) is 0 Å². The Morgan fingerprint density at radius 1 is 1.50 bits per heavy atom. The van der Waals surface area contributed by atoms with E-state index < -0.39 is 0 Å². The Bertz CT molecular complexity index is 609. The van der Waals surface area contributed by atoms with Gasteiger partial charge in [0.2, 0.25) is 5.95 Å². The Hall–Kier alpha value is -1.40. The SMILES string of the molecule is CCCC1CCN(c2nc(NN)nc3sc(C)cc23)C1. The predicted molar refractivity (Wildman–Crippen MR) is 85.2 cm³/mol. The molecule has 1 aliphatic heterocycles. The first-order valence-corrected chi connectivity index (χ1v) is 8.02. The van der Waals surface area contributed by atoms with Gasteiger partial charge in [-0.15, -0.1) is 11.3 Å². The molecule has 5 nitrogen and oxygen atoms in total. The van der Waals surface area contributed by atoms with Crippen molar-refractivity contribution < 1.29 is 0 Å². The zero-order valence-electron chi connectivity index (χ0n) is 12.0. The summed E-state index contributed by atoms with van der Waals surface area (Å²) in [5.41, 5.74) is 2.59. The molecule has 0 amide bonds. The van der Waals surface area contributed by atoms with Crippen molar-refractivity contribution in [2.75, 3.05) is 23.4 Å². The number of nitrogen functional groups attached to an aromatic ring is 1. The lowest BCUT2D eigenvalue weighted by atomic mass is 10.0. The number of nitrogens with one attached hydrogen (secondary N) is 1. The Morgan fingerprint density at radius 3 is 3.10 bits per heavy atom. The number of aromatic nitrogens is 2. The van der Waals surface area contributed by atoms with E-state index in [2.05, 4.69) is 40.2 Å². The largest absolute Gasteiger partial charge is 0.356 e. The smallest absolute Gasteiger partial charge is 0.240 e. The summed E-state index contributed by atoms with van der Waals surface area (Å²) < 4.78 is 0. The van der Waals surface area contributed by atoms with Crippen molar-refractivity contribution in [1.82, 2.24) is 9.97 Å². The summed E-state index contributed by atoms with van der Waals surface area (Å²) >= 11 is 1.69. The number of fused-ring (bicyclic) bond motifs is 1. The normalized spacial score (nSPS) is 18.9. The van der Waals surface area contributed by atoms with Crippen LogP contribution >= 0.6 is 11.3 Å². The standard InChI is InChI=1S/C14H21N5S/c1-3-4-10-5-6-19(8-10)12-11-7-9(2)20-13(11)17-14(16-12)18-15/h7,10H,3-6,8,15H2,1-2H3,(H,16,17,18). The number of hydrazine groups is 1. The third-order valence-electron chi connectivity index (χ3n) is 3.91. The first-order chi connectivity index (χ1) is 9.71. The zero-order chi connectivity index (χ0) is 14.1. The van der Waals surface area contributed by atoms with Crippen LogP contribution in [0.15, 0.2) is 6.07 Å². The van der Waals surface area contributed by atoms with Crippen molar-refractivity contribution in [1.29, 1.82) is 0 Å². The Kier molecular flexibility index (Phi) is 3.76. The van der Waals surface area contributed by atoms with Crippen LogP contribution in [0.3, 0.4) is 0 Å². The van der Waals surface area contributed by atoms with Gasteiger partial charge in [0.1, 0.15) is 10.6 Å². The summed E-state index contributed by atoms with van der Waals surface area (Å²) in [6.45, 7) is 6.54. The van der Waals surface area contributed by atoms with Gasteiger partial charge < -0.3 is 4.90 Å². The number of anilines is 2. The van der Waals surface area contributed by atoms with Crippen LogP contribution in [-0.4, -0.2) is 23.1 Å². The van der Waals surface area contributed by atoms with E-state index >= 15 is 0 Å². The molecule has 0 aromatic carbocycles. The summed E-state index contributed by atoms with van der Waals surface area (Å²) in [6, 6.07) is 2.18. The minimum atomic E-state index is 0.508. The molecule has 0 bridgehead atoms. The van der Waals surface area contributed by atoms with Crippen LogP contribution in [-0.2, 0) is 0 Å². The molecular weight excluding hydrogens is 270 g/mol. The van der Waals surface area contributed by atoms with Gasteiger partial charge in [0, 0.05) is 18.0 Å². The summed E-state index contributed by atoms with van der Waals surface area (Å²) in [6.07, 6.45) is 3.81. The molecule has 3 heterocycles. The van der Waals surface area contributed by atoms with Gasteiger partial charge in [-0.2, -0.15) is 4.98 Å². The Labute approximate surface area is 123 Å².